The van der Waals surface area contributed by atoms with Crippen LogP contribution in [0.2, 0.25) is 5.15 Å². The molecule has 25 heavy (non-hydrogen) atoms. The first-order valence-electron chi connectivity index (χ1n) is 7.45. The minimum Gasteiger partial charge on any atom is -0.478 e. The van der Waals surface area contributed by atoms with E-state index < -0.39 is 0 Å². The summed E-state index contributed by atoms with van der Waals surface area (Å²) in [6.45, 7) is 0. The van der Waals surface area contributed by atoms with Gasteiger partial charge in [-0.1, -0.05) is 11.6 Å². The molecule has 126 valence electrons. The zero-order valence-electron chi connectivity index (χ0n) is 13.5. The Balaban J connectivity index is 1.73. The number of aromatic amines is 1. The lowest BCUT2D eigenvalue weighted by Crippen LogP contribution is -1.98. The Morgan fingerprint density at radius 2 is 2.08 bits per heavy atom. The van der Waals surface area contributed by atoms with Gasteiger partial charge in [0.1, 0.15) is 5.69 Å². The molecule has 4 rings (SSSR count). The molecule has 0 saturated heterocycles. The van der Waals surface area contributed by atoms with Crippen molar-refractivity contribution in [2.24, 2.45) is 7.05 Å². The van der Waals surface area contributed by atoms with Crippen molar-refractivity contribution in [3.63, 3.8) is 0 Å². The summed E-state index contributed by atoms with van der Waals surface area (Å²) in [7, 11) is 3.38. The normalized spacial score (nSPS) is 11.0. The number of anilines is 2. The quantitative estimate of drug-likeness (QED) is 0.546. The highest BCUT2D eigenvalue weighted by Gasteiger charge is 2.13. The van der Waals surface area contributed by atoms with Crippen LogP contribution in [-0.2, 0) is 7.05 Å². The van der Waals surface area contributed by atoms with Crippen molar-refractivity contribution in [1.82, 2.24) is 29.7 Å². The summed E-state index contributed by atoms with van der Waals surface area (Å²) in [4.78, 5) is 16.1. The van der Waals surface area contributed by atoms with Crippen molar-refractivity contribution in [1.29, 1.82) is 0 Å². The van der Waals surface area contributed by atoms with Gasteiger partial charge < -0.3 is 15.0 Å². The SMILES string of the molecule is COc1nn(C)cc1Nc1nccc(-c2c[nH]c3c(Cl)nccc23)n1. The molecular formula is C16H14ClN7O. The van der Waals surface area contributed by atoms with Crippen LogP contribution in [-0.4, -0.2) is 36.8 Å². The second kappa shape index (κ2) is 6.06. The highest BCUT2D eigenvalue weighted by Crippen LogP contribution is 2.31. The lowest BCUT2D eigenvalue weighted by Gasteiger charge is -2.05. The van der Waals surface area contributed by atoms with Crippen LogP contribution in [0.5, 0.6) is 5.88 Å². The van der Waals surface area contributed by atoms with Crippen LogP contribution >= 0.6 is 11.6 Å². The van der Waals surface area contributed by atoms with Gasteiger partial charge >= 0.3 is 0 Å². The van der Waals surface area contributed by atoms with Crippen LogP contribution in [0.1, 0.15) is 0 Å². The largest absolute Gasteiger partial charge is 0.478 e. The van der Waals surface area contributed by atoms with E-state index >= 15 is 0 Å². The van der Waals surface area contributed by atoms with Crippen molar-refractivity contribution >= 4 is 34.1 Å². The summed E-state index contributed by atoms with van der Waals surface area (Å²) in [6, 6.07) is 3.73. The van der Waals surface area contributed by atoms with Crippen molar-refractivity contribution in [3.8, 4) is 17.1 Å². The molecule has 9 heteroatoms. The van der Waals surface area contributed by atoms with Gasteiger partial charge in [0.2, 0.25) is 5.95 Å². The Morgan fingerprint density at radius 1 is 1.24 bits per heavy atom. The Kier molecular flexibility index (Phi) is 3.73. The predicted molar refractivity (Wildman–Crippen MR) is 95.2 cm³/mol. The van der Waals surface area contributed by atoms with Gasteiger partial charge in [-0.05, 0) is 12.1 Å². The van der Waals surface area contributed by atoms with E-state index in [2.05, 4.69) is 30.4 Å². The number of hydrogen-bond donors (Lipinski definition) is 2. The van der Waals surface area contributed by atoms with Gasteiger partial charge in [-0.3, -0.25) is 4.68 Å². The maximum Gasteiger partial charge on any atom is 0.256 e. The lowest BCUT2D eigenvalue weighted by atomic mass is 10.1. The van der Waals surface area contributed by atoms with Crippen LogP contribution in [0.3, 0.4) is 0 Å². The second-order valence-electron chi connectivity index (χ2n) is 5.34. The number of aromatic nitrogens is 6. The number of methoxy groups -OCH3 is 1. The van der Waals surface area contributed by atoms with Gasteiger partial charge in [0.15, 0.2) is 5.15 Å². The number of ether oxygens (including phenoxy) is 1. The van der Waals surface area contributed by atoms with E-state index in [0.717, 1.165) is 22.2 Å². The minimum atomic E-state index is 0.427. The molecule has 0 amide bonds. The average Bonchev–Trinajstić information content (AvgIpc) is 3.19. The summed E-state index contributed by atoms with van der Waals surface area (Å²) in [5.41, 5.74) is 3.14. The third-order valence-electron chi connectivity index (χ3n) is 3.72. The van der Waals surface area contributed by atoms with Gasteiger partial charge in [-0.2, -0.15) is 0 Å². The van der Waals surface area contributed by atoms with Crippen molar-refractivity contribution in [2.75, 3.05) is 12.4 Å². The summed E-state index contributed by atoms with van der Waals surface area (Å²) in [5.74, 6) is 0.916. The van der Waals surface area contributed by atoms with Crippen LogP contribution in [0.15, 0.2) is 36.9 Å². The molecule has 4 aromatic heterocycles. The van der Waals surface area contributed by atoms with E-state index in [9.17, 15) is 0 Å². The molecule has 0 atom stereocenters. The Morgan fingerprint density at radius 3 is 2.92 bits per heavy atom. The fourth-order valence-electron chi connectivity index (χ4n) is 2.63. The average molecular weight is 356 g/mol. The van der Waals surface area contributed by atoms with Crippen molar-refractivity contribution in [3.05, 3.63) is 42.1 Å². The first kappa shape index (κ1) is 15.4. The number of rotatable bonds is 4. The third kappa shape index (κ3) is 2.76. The van der Waals surface area contributed by atoms with E-state index in [1.54, 1.807) is 30.4 Å². The smallest absolute Gasteiger partial charge is 0.256 e. The molecule has 0 bridgehead atoms. The number of nitrogens with one attached hydrogen (secondary N) is 2. The monoisotopic (exact) mass is 355 g/mol. The van der Waals surface area contributed by atoms with Gasteiger partial charge in [0, 0.05) is 36.6 Å². The zero-order chi connectivity index (χ0) is 17.4. The molecule has 0 fully saturated rings. The predicted octanol–water partition coefficient (Wildman–Crippen LogP) is 3.16. The minimum absolute atomic E-state index is 0.427. The maximum atomic E-state index is 6.12. The van der Waals surface area contributed by atoms with E-state index in [0.29, 0.717) is 22.7 Å². The number of pyridine rings is 1. The summed E-state index contributed by atoms with van der Waals surface area (Å²) < 4.78 is 6.89. The highest BCUT2D eigenvalue weighted by molar-refractivity contribution is 6.34. The number of H-pyrrole nitrogens is 1. The molecule has 4 aromatic rings. The fourth-order valence-corrected chi connectivity index (χ4v) is 2.84. The molecule has 0 radical (unpaired) electrons. The van der Waals surface area contributed by atoms with E-state index in [4.69, 9.17) is 16.3 Å². The summed E-state index contributed by atoms with van der Waals surface area (Å²) in [6.07, 6.45) is 7.01. The fraction of sp³-hybridized carbons (Fsp3) is 0.125. The van der Waals surface area contributed by atoms with E-state index in [1.807, 2.05) is 25.4 Å². The van der Waals surface area contributed by atoms with Gasteiger partial charge in [0.25, 0.3) is 5.88 Å². The standard InChI is InChI=1S/C16H14ClN7O/c1-24-8-12(15(23-24)25-2)22-16-19-6-4-11(21-16)10-7-20-13-9(10)3-5-18-14(13)17/h3-8,20H,1-2H3,(H,19,21,22). The van der Waals surface area contributed by atoms with Gasteiger partial charge in [0.05, 0.1) is 24.5 Å². The molecule has 0 spiro atoms. The lowest BCUT2D eigenvalue weighted by molar-refractivity contribution is 0.393. The molecule has 2 N–H and O–H groups in total. The zero-order valence-corrected chi connectivity index (χ0v) is 14.2. The molecule has 4 heterocycles. The molecule has 8 nitrogen and oxygen atoms in total. The number of halogens is 1. The summed E-state index contributed by atoms with van der Waals surface area (Å²) in [5, 5.41) is 8.70. The summed E-state index contributed by atoms with van der Waals surface area (Å²) >= 11 is 6.12. The Labute approximate surface area is 147 Å². The van der Waals surface area contributed by atoms with Crippen LogP contribution in [0.25, 0.3) is 22.2 Å². The van der Waals surface area contributed by atoms with Crippen LogP contribution < -0.4 is 10.1 Å². The molecule has 0 aliphatic carbocycles. The first-order chi connectivity index (χ1) is 12.2. The van der Waals surface area contributed by atoms with Gasteiger partial charge in [-0.25, -0.2) is 15.0 Å². The highest BCUT2D eigenvalue weighted by atomic mass is 35.5. The molecule has 0 unspecified atom stereocenters. The molecule has 0 aliphatic heterocycles. The van der Waals surface area contributed by atoms with Gasteiger partial charge in [-0.15, -0.1) is 5.10 Å². The first-order valence-corrected chi connectivity index (χ1v) is 7.83. The van der Waals surface area contributed by atoms with Crippen LogP contribution in [0.4, 0.5) is 11.6 Å². The Hall–Kier alpha value is -3.13. The number of aryl methyl sites for hydroxylation is 1. The Bertz CT molecular complexity index is 1060. The molecule has 0 aliphatic rings. The van der Waals surface area contributed by atoms with Crippen LogP contribution in [0, 0.1) is 0 Å². The second-order valence-corrected chi connectivity index (χ2v) is 5.70. The topological polar surface area (TPSA) is 93.5 Å². The van der Waals surface area contributed by atoms with E-state index in [1.165, 1.54) is 0 Å². The molecular weight excluding hydrogens is 342 g/mol. The number of hydrogen-bond acceptors (Lipinski definition) is 6. The maximum absolute atomic E-state index is 6.12. The number of fused-ring (bicyclic) bond motifs is 1. The van der Waals surface area contributed by atoms with Crippen molar-refractivity contribution in [2.45, 2.75) is 0 Å². The molecule has 0 saturated carbocycles. The van der Waals surface area contributed by atoms with Crippen molar-refractivity contribution < 1.29 is 4.74 Å². The van der Waals surface area contributed by atoms with E-state index in [-0.39, 0.29) is 0 Å². The molecule has 0 aromatic carbocycles. The third-order valence-corrected chi connectivity index (χ3v) is 4.01. The number of nitrogens with zero attached hydrogens (tertiary/aromatic N) is 5.